The van der Waals surface area contributed by atoms with Gasteiger partial charge in [0.15, 0.2) is 5.58 Å². The van der Waals surface area contributed by atoms with Crippen LogP contribution in [0.15, 0.2) is 51.7 Å². The van der Waals surface area contributed by atoms with Gasteiger partial charge >= 0.3 is 0 Å². The fourth-order valence-electron chi connectivity index (χ4n) is 2.54. The van der Waals surface area contributed by atoms with Crippen LogP contribution in [0.2, 0.25) is 0 Å². The van der Waals surface area contributed by atoms with Crippen LogP contribution < -0.4 is 11.2 Å². The highest BCUT2D eigenvalue weighted by Gasteiger charge is 2.16. The van der Waals surface area contributed by atoms with Gasteiger partial charge in [0.1, 0.15) is 11.0 Å². The van der Waals surface area contributed by atoms with E-state index in [2.05, 4.69) is 4.98 Å². The van der Waals surface area contributed by atoms with E-state index in [9.17, 15) is 9.90 Å². The van der Waals surface area contributed by atoms with Gasteiger partial charge in [-0.05, 0) is 30.3 Å². The first-order valence-corrected chi connectivity index (χ1v) is 6.39. The quantitative estimate of drug-likeness (QED) is 0.293. The van der Waals surface area contributed by atoms with Gasteiger partial charge in [0.05, 0.1) is 10.9 Å². The molecule has 0 atom stereocenters. The van der Waals surface area contributed by atoms with Gasteiger partial charge in [-0.3, -0.25) is 4.79 Å². The summed E-state index contributed by atoms with van der Waals surface area (Å²) >= 11 is 0. The summed E-state index contributed by atoms with van der Waals surface area (Å²) in [4.78, 5) is 16.6. The molecule has 0 radical (unpaired) electrons. The van der Waals surface area contributed by atoms with Gasteiger partial charge in [0.25, 0.3) is 0 Å². The van der Waals surface area contributed by atoms with Gasteiger partial charge in [-0.2, -0.15) is 0 Å². The Morgan fingerprint density at radius 1 is 1.10 bits per heavy atom. The van der Waals surface area contributed by atoms with Crippen molar-refractivity contribution in [2.45, 2.75) is 0 Å². The van der Waals surface area contributed by atoms with Crippen LogP contribution in [-0.4, -0.2) is 10.1 Å². The standard InChI is InChI=1S/C16H10N2O3/c17-8-5-6-11-10(7-8)15-13(16(20)18-11)14(19)9-3-1-2-4-12(9)21-15/h1-7H,17H2,(H,18,20). The Morgan fingerprint density at radius 2 is 1.90 bits per heavy atom. The summed E-state index contributed by atoms with van der Waals surface area (Å²) in [5.74, 6) is -0.332. The smallest absolute Gasteiger partial charge is 0.226 e. The normalized spacial score (nSPS) is 11.4. The number of nitrogens with zero attached hydrogens (tertiary/aromatic N) is 1. The number of rotatable bonds is 0. The second-order valence-electron chi connectivity index (χ2n) is 4.84. The Hall–Kier alpha value is -3.08. The summed E-state index contributed by atoms with van der Waals surface area (Å²) in [6.07, 6.45) is 0. The van der Waals surface area contributed by atoms with Gasteiger partial charge in [-0.15, -0.1) is 0 Å². The summed E-state index contributed by atoms with van der Waals surface area (Å²) in [6, 6.07) is 11.9. The number of aromatic hydroxyl groups is 1. The lowest BCUT2D eigenvalue weighted by atomic mass is 10.1. The number of pyridine rings is 1. The summed E-state index contributed by atoms with van der Waals surface area (Å²) in [5, 5.41) is 11.2. The first-order chi connectivity index (χ1) is 10.1. The van der Waals surface area contributed by atoms with Crippen molar-refractivity contribution in [2.24, 2.45) is 0 Å². The van der Waals surface area contributed by atoms with Crippen molar-refractivity contribution < 1.29 is 9.52 Å². The zero-order chi connectivity index (χ0) is 14.6. The van der Waals surface area contributed by atoms with Crippen LogP contribution in [0.4, 0.5) is 5.69 Å². The van der Waals surface area contributed by atoms with Crippen LogP contribution in [0.5, 0.6) is 5.88 Å². The van der Waals surface area contributed by atoms with E-state index < -0.39 is 0 Å². The van der Waals surface area contributed by atoms with Crippen LogP contribution in [-0.2, 0) is 0 Å². The highest BCUT2D eigenvalue weighted by atomic mass is 16.3. The predicted octanol–water partition coefficient (Wildman–Crippen LogP) is 2.78. The number of nitrogen functional groups attached to an aromatic ring is 1. The molecule has 2 heterocycles. The van der Waals surface area contributed by atoms with Crippen molar-refractivity contribution in [3.05, 3.63) is 52.7 Å². The highest BCUT2D eigenvalue weighted by Crippen LogP contribution is 2.31. The summed E-state index contributed by atoms with van der Waals surface area (Å²) < 4.78 is 5.82. The molecule has 0 saturated carbocycles. The second-order valence-corrected chi connectivity index (χ2v) is 4.84. The molecule has 0 aliphatic rings. The third kappa shape index (κ3) is 1.57. The van der Waals surface area contributed by atoms with Crippen molar-refractivity contribution in [1.82, 2.24) is 4.98 Å². The molecule has 102 valence electrons. The van der Waals surface area contributed by atoms with E-state index >= 15 is 0 Å². The number of fused-ring (bicyclic) bond motifs is 4. The van der Waals surface area contributed by atoms with E-state index in [1.165, 1.54) is 0 Å². The number of aromatic nitrogens is 1. The number of benzene rings is 2. The lowest BCUT2D eigenvalue weighted by Crippen LogP contribution is -2.03. The molecule has 0 saturated heterocycles. The van der Waals surface area contributed by atoms with Crippen molar-refractivity contribution in [3.63, 3.8) is 0 Å². The van der Waals surface area contributed by atoms with Crippen LogP contribution in [0.1, 0.15) is 0 Å². The monoisotopic (exact) mass is 278 g/mol. The summed E-state index contributed by atoms with van der Waals surface area (Å²) in [5.41, 5.74) is 7.31. The second kappa shape index (κ2) is 3.96. The first kappa shape index (κ1) is 11.7. The lowest BCUT2D eigenvalue weighted by Gasteiger charge is -2.06. The van der Waals surface area contributed by atoms with Crippen LogP contribution >= 0.6 is 0 Å². The van der Waals surface area contributed by atoms with E-state index in [0.29, 0.717) is 33.1 Å². The summed E-state index contributed by atoms with van der Waals surface area (Å²) in [6.45, 7) is 0. The van der Waals surface area contributed by atoms with Crippen molar-refractivity contribution in [3.8, 4) is 5.88 Å². The third-order valence-corrected chi connectivity index (χ3v) is 3.51. The minimum atomic E-state index is -0.332. The van der Waals surface area contributed by atoms with Crippen LogP contribution in [0, 0.1) is 0 Å². The molecule has 5 nitrogen and oxygen atoms in total. The molecule has 21 heavy (non-hydrogen) atoms. The molecule has 2 aromatic carbocycles. The SMILES string of the molecule is Nc1ccc2nc(O)c3c(=O)c4ccccc4oc3c2c1. The molecule has 0 spiro atoms. The maximum absolute atomic E-state index is 12.5. The Balaban J connectivity index is 2.37. The molecule has 0 unspecified atom stereocenters. The zero-order valence-electron chi connectivity index (χ0n) is 10.8. The molecular formula is C16H10N2O3. The van der Waals surface area contributed by atoms with Crippen molar-refractivity contribution >= 4 is 38.5 Å². The maximum Gasteiger partial charge on any atom is 0.226 e. The summed E-state index contributed by atoms with van der Waals surface area (Å²) in [7, 11) is 0. The molecule has 4 rings (SSSR count). The molecule has 4 aromatic rings. The largest absolute Gasteiger partial charge is 0.493 e. The van der Waals surface area contributed by atoms with Gasteiger partial charge in [0.2, 0.25) is 11.3 Å². The molecule has 5 heteroatoms. The molecule has 0 amide bonds. The predicted molar refractivity (Wildman–Crippen MR) is 81.4 cm³/mol. The van der Waals surface area contributed by atoms with E-state index in [1.54, 1.807) is 42.5 Å². The Labute approximate surface area is 118 Å². The molecule has 0 aliphatic heterocycles. The van der Waals surface area contributed by atoms with E-state index in [0.717, 1.165) is 0 Å². The molecular weight excluding hydrogens is 268 g/mol. The average molecular weight is 278 g/mol. The fraction of sp³-hybridized carbons (Fsp3) is 0. The number of anilines is 1. The molecule has 0 bridgehead atoms. The topological polar surface area (TPSA) is 89.4 Å². The molecule has 2 aromatic heterocycles. The Morgan fingerprint density at radius 3 is 2.76 bits per heavy atom. The van der Waals surface area contributed by atoms with Gasteiger partial charge < -0.3 is 15.3 Å². The zero-order valence-corrected chi connectivity index (χ0v) is 10.8. The molecule has 0 fully saturated rings. The van der Waals surface area contributed by atoms with Crippen molar-refractivity contribution in [1.29, 1.82) is 0 Å². The Kier molecular flexibility index (Phi) is 2.21. The van der Waals surface area contributed by atoms with Gasteiger partial charge in [-0.25, -0.2) is 4.98 Å². The minimum Gasteiger partial charge on any atom is -0.493 e. The third-order valence-electron chi connectivity index (χ3n) is 3.51. The molecule has 0 aliphatic carbocycles. The molecule has 3 N–H and O–H groups in total. The Bertz CT molecular complexity index is 1080. The number of nitrogens with two attached hydrogens (primary N) is 1. The number of hydrogen-bond acceptors (Lipinski definition) is 5. The maximum atomic E-state index is 12.5. The number of hydrogen-bond donors (Lipinski definition) is 2. The van der Waals surface area contributed by atoms with Gasteiger partial charge in [-0.1, -0.05) is 12.1 Å². The minimum absolute atomic E-state index is 0.0757. The number of para-hydroxylation sites is 1. The lowest BCUT2D eigenvalue weighted by molar-refractivity contribution is 0.461. The highest BCUT2D eigenvalue weighted by molar-refractivity contribution is 6.07. The van der Waals surface area contributed by atoms with Crippen LogP contribution in [0.3, 0.4) is 0 Å². The van der Waals surface area contributed by atoms with Crippen molar-refractivity contribution in [2.75, 3.05) is 5.73 Å². The van der Waals surface area contributed by atoms with Crippen LogP contribution in [0.25, 0.3) is 32.8 Å². The fourth-order valence-corrected chi connectivity index (χ4v) is 2.54. The first-order valence-electron chi connectivity index (χ1n) is 6.39. The van der Waals surface area contributed by atoms with E-state index in [-0.39, 0.29) is 16.7 Å². The average Bonchev–Trinajstić information content (AvgIpc) is 2.48. The van der Waals surface area contributed by atoms with E-state index in [1.807, 2.05) is 0 Å². The van der Waals surface area contributed by atoms with Gasteiger partial charge in [0, 0.05) is 11.1 Å². The van der Waals surface area contributed by atoms with E-state index in [4.69, 9.17) is 10.2 Å².